The Labute approximate surface area is 87.0 Å². The number of nitrogens with zero attached hydrogens (tertiary/aromatic N) is 1. The van der Waals surface area contributed by atoms with E-state index in [9.17, 15) is 5.11 Å². The molecule has 0 fully saturated rings. The summed E-state index contributed by atoms with van der Waals surface area (Å²) in [5.74, 6) is 0. The number of rotatable bonds is 7. The van der Waals surface area contributed by atoms with Crippen LogP contribution < -0.4 is 5.73 Å². The van der Waals surface area contributed by atoms with Gasteiger partial charge in [0.2, 0.25) is 0 Å². The molecule has 0 rings (SSSR count). The lowest BCUT2D eigenvalue weighted by Crippen LogP contribution is -2.40. The summed E-state index contributed by atoms with van der Waals surface area (Å²) in [6.07, 6.45) is -0.418. The zero-order chi connectivity index (χ0) is 11.2. The van der Waals surface area contributed by atoms with Crippen LogP contribution >= 0.6 is 0 Å². The first-order chi connectivity index (χ1) is 6.41. The zero-order valence-corrected chi connectivity index (χ0v) is 9.79. The van der Waals surface area contributed by atoms with E-state index in [1.807, 2.05) is 7.05 Å². The summed E-state index contributed by atoms with van der Waals surface area (Å²) in [6.45, 7) is 6.77. The number of hydrogen-bond acceptors (Lipinski definition) is 4. The molecule has 0 aromatic carbocycles. The summed E-state index contributed by atoms with van der Waals surface area (Å²) in [7, 11) is 3.57. The van der Waals surface area contributed by atoms with Crippen LogP contribution in [0.15, 0.2) is 0 Å². The van der Waals surface area contributed by atoms with Gasteiger partial charge in [0.1, 0.15) is 0 Å². The fourth-order valence-electron chi connectivity index (χ4n) is 1.46. The highest BCUT2D eigenvalue weighted by molar-refractivity contribution is 4.74. The van der Waals surface area contributed by atoms with Crippen molar-refractivity contribution in [2.45, 2.75) is 20.0 Å². The number of likely N-dealkylation sites (N-methyl/N-ethyl adjacent to an activating group) is 1. The van der Waals surface area contributed by atoms with E-state index in [4.69, 9.17) is 10.5 Å². The smallest absolute Gasteiger partial charge is 0.0899 e. The Morgan fingerprint density at radius 3 is 2.50 bits per heavy atom. The Bertz CT molecular complexity index is 151. The summed E-state index contributed by atoms with van der Waals surface area (Å²) in [5.41, 5.74) is 5.73. The molecule has 4 heteroatoms. The van der Waals surface area contributed by atoms with Gasteiger partial charge in [0.25, 0.3) is 0 Å². The molecular weight excluding hydrogens is 180 g/mol. The molecule has 1 unspecified atom stereocenters. The second kappa shape index (κ2) is 6.35. The van der Waals surface area contributed by atoms with E-state index in [1.165, 1.54) is 0 Å². The van der Waals surface area contributed by atoms with Crippen LogP contribution in [0.25, 0.3) is 0 Å². The average Bonchev–Trinajstić information content (AvgIpc) is 2.03. The molecule has 0 amide bonds. The van der Waals surface area contributed by atoms with Crippen molar-refractivity contribution in [1.29, 1.82) is 0 Å². The topological polar surface area (TPSA) is 58.7 Å². The Morgan fingerprint density at radius 2 is 2.07 bits per heavy atom. The van der Waals surface area contributed by atoms with E-state index in [-0.39, 0.29) is 5.41 Å². The van der Waals surface area contributed by atoms with Crippen molar-refractivity contribution < 1.29 is 9.84 Å². The maximum atomic E-state index is 9.49. The van der Waals surface area contributed by atoms with Gasteiger partial charge in [-0.3, -0.25) is 0 Å². The first-order valence-electron chi connectivity index (χ1n) is 4.97. The van der Waals surface area contributed by atoms with Crippen LogP contribution in [0.3, 0.4) is 0 Å². The van der Waals surface area contributed by atoms with Crippen molar-refractivity contribution in [2.24, 2.45) is 11.1 Å². The summed E-state index contributed by atoms with van der Waals surface area (Å²) >= 11 is 0. The summed E-state index contributed by atoms with van der Waals surface area (Å²) in [6, 6.07) is 0. The van der Waals surface area contributed by atoms with E-state index < -0.39 is 6.10 Å². The Hall–Kier alpha value is -0.160. The third-order valence-electron chi connectivity index (χ3n) is 2.13. The molecule has 0 heterocycles. The lowest BCUT2D eigenvalue weighted by molar-refractivity contribution is 0.0366. The van der Waals surface area contributed by atoms with Gasteiger partial charge in [0.15, 0.2) is 0 Å². The molecule has 86 valence electrons. The first-order valence-corrected chi connectivity index (χ1v) is 4.97. The predicted molar refractivity (Wildman–Crippen MR) is 58.2 cm³/mol. The molecular formula is C10H24N2O2. The molecule has 0 aromatic heterocycles. The maximum absolute atomic E-state index is 9.49. The molecule has 1 atom stereocenters. The maximum Gasteiger partial charge on any atom is 0.0899 e. The third-order valence-corrected chi connectivity index (χ3v) is 2.13. The van der Waals surface area contributed by atoms with Gasteiger partial charge in [0.05, 0.1) is 12.7 Å². The Balaban J connectivity index is 3.79. The van der Waals surface area contributed by atoms with Gasteiger partial charge in [-0.05, 0) is 19.0 Å². The third kappa shape index (κ3) is 6.32. The summed E-state index contributed by atoms with van der Waals surface area (Å²) < 4.78 is 4.86. The van der Waals surface area contributed by atoms with Gasteiger partial charge in [-0.25, -0.2) is 0 Å². The van der Waals surface area contributed by atoms with Gasteiger partial charge in [-0.1, -0.05) is 13.8 Å². The molecule has 0 saturated heterocycles. The summed E-state index contributed by atoms with van der Waals surface area (Å²) in [5, 5.41) is 9.49. The monoisotopic (exact) mass is 204 g/mol. The van der Waals surface area contributed by atoms with Gasteiger partial charge in [-0.15, -0.1) is 0 Å². The molecule has 4 nitrogen and oxygen atoms in total. The molecule has 0 aliphatic carbocycles. The number of ether oxygens (including phenoxy) is 1. The van der Waals surface area contributed by atoms with E-state index >= 15 is 0 Å². The normalized spacial score (nSPS) is 14.8. The lowest BCUT2D eigenvalue weighted by Gasteiger charge is -2.30. The van der Waals surface area contributed by atoms with Gasteiger partial charge >= 0.3 is 0 Å². The van der Waals surface area contributed by atoms with Gasteiger partial charge in [0, 0.05) is 20.2 Å². The van der Waals surface area contributed by atoms with Crippen molar-refractivity contribution in [3.8, 4) is 0 Å². The van der Waals surface area contributed by atoms with E-state index in [2.05, 4.69) is 18.7 Å². The van der Waals surface area contributed by atoms with Crippen LogP contribution in [0.1, 0.15) is 13.8 Å². The zero-order valence-electron chi connectivity index (χ0n) is 9.79. The molecule has 0 aliphatic heterocycles. The number of methoxy groups -OCH3 is 1. The van der Waals surface area contributed by atoms with E-state index in [0.29, 0.717) is 19.7 Å². The molecule has 0 spiro atoms. The molecule has 0 aromatic rings. The molecule has 0 bridgehead atoms. The second-order valence-corrected chi connectivity index (χ2v) is 4.67. The standard InChI is InChI=1S/C10H24N2O2/c1-10(2,7-11)8-12(3)5-9(13)6-14-4/h9,13H,5-8,11H2,1-4H3. The minimum atomic E-state index is -0.418. The van der Waals surface area contributed by atoms with Gasteiger partial charge in [-0.2, -0.15) is 0 Å². The lowest BCUT2D eigenvalue weighted by atomic mass is 9.93. The van der Waals surface area contributed by atoms with E-state index in [0.717, 1.165) is 6.54 Å². The van der Waals surface area contributed by atoms with Crippen molar-refractivity contribution in [1.82, 2.24) is 4.90 Å². The number of aliphatic hydroxyl groups is 1. The fourth-order valence-corrected chi connectivity index (χ4v) is 1.46. The SMILES string of the molecule is COCC(O)CN(C)CC(C)(C)CN. The predicted octanol–water partition coefficient (Wildman–Crippen LogP) is -0.0896. The number of aliphatic hydroxyl groups excluding tert-OH is 1. The highest BCUT2D eigenvalue weighted by atomic mass is 16.5. The number of nitrogens with two attached hydrogens (primary N) is 1. The average molecular weight is 204 g/mol. The minimum absolute atomic E-state index is 0.0988. The highest BCUT2D eigenvalue weighted by Gasteiger charge is 2.19. The van der Waals surface area contributed by atoms with Crippen LogP contribution in [0.4, 0.5) is 0 Å². The van der Waals surface area contributed by atoms with Crippen molar-refractivity contribution in [2.75, 3.05) is 40.4 Å². The van der Waals surface area contributed by atoms with Crippen LogP contribution in [0, 0.1) is 5.41 Å². The summed E-state index contributed by atoms with van der Waals surface area (Å²) in [4.78, 5) is 2.08. The molecule has 0 radical (unpaired) electrons. The molecule has 0 saturated carbocycles. The van der Waals surface area contributed by atoms with Crippen molar-refractivity contribution in [3.05, 3.63) is 0 Å². The Kier molecular flexibility index (Phi) is 6.27. The van der Waals surface area contributed by atoms with Crippen molar-refractivity contribution >= 4 is 0 Å². The van der Waals surface area contributed by atoms with Crippen LogP contribution in [0.5, 0.6) is 0 Å². The van der Waals surface area contributed by atoms with E-state index in [1.54, 1.807) is 7.11 Å². The molecule has 3 N–H and O–H groups in total. The number of hydrogen-bond donors (Lipinski definition) is 2. The van der Waals surface area contributed by atoms with Crippen molar-refractivity contribution in [3.63, 3.8) is 0 Å². The first kappa shape index (κ1) is 13.8. The van der Waals surface area contributed by atoms with Crippen LogP contribution in [-0.2, 0) is 4.74 Å². The fraction of sp³-hybridized carbons (Fsp3) is 1.00. The quantitative estimate of drug-likeness (QED) is 0.608. The van der Waals surface area contributed by atoms with Crippen LogP contribution in [0.2, 0.25) is 0 Å². The van der Waals surface area contributed by atoms with Crippen LogP contribution in [-0.4, -0.2) is 56.5 Å². The molecule has 14 heavy (non-hydrogen) atoms. The highest BCUT2D eigenvalue weighted by Crippen LogP contribution is 2.13. The second-order valence-electron chi connectivity index (χ2n) is 4.67. The molecule has 0 aliphatic rings. The minimum Gasteiger partial charge on any atom is -0.389 e. The largest absolute Gasteiger partial charge is 0.389 e. The van der Waals surface area contributed by atoms with Gasteiger partial charge < -0.3 is 20.5 Å². The Morgan fingerprint density at radius 1 is 1.50 bits per heavy atom.